The average Bonchev–Trinajstić information content (AvgIpc) is 2.99. The number of unbranched alkanes of at least 4 members (excludes halogenated alkanes) is 2. The van der Waals surface area contributed by atoms with Crippen LogP contribution in [0.1, 0.15) is 39.0 Å². The van der Waals surface area contributed by atoms with Crippen LogP contribution in [0, 0.1) is 0 Å². The van der Waals surface area contributed by atoms with Crippen molar-refractivity contribution in [1.29, 1.82) is 0 Å². The summed E-state index contributed by atoms with van der Waals surface area (Å²) in [6, 6.07) is 0.131. The minimum atomic E-state index is -0.704. The van der Waals surface area contributed by atoms with Crippen molar-refractivity contribution < 1.29 is 9.90 Å². The van der Waals surface area contributed by atoms with Crippen molar-refractivity contribution in [2.45, 2.75) is 51.1 Å². The van der Waals surface area contributed by atoms with E-state index in [0.29, 0.717) is 11.8 Å². The first kappa shape index (κ1) is 12.8. The van der Waals surface area contributed by atoms with E-state index < -0.39 is 5.97 Å². The second kappa shape index (κ2) is 7.12. The summed E-state index contributed by atoms with van der Waals surface area (Å²) in [6.07, 6.45) is 5.97. The van der Waals surface area contributed by atoms with Crippen LogP contribution in [0.25, 0.3) is 0 Å². The summed E-state index contributed by atoms with van der Waals surface area (Å²) >= 11 is 1.76. The highest BCUT2D eigenvalue weighted by atomic mass is 32.2. The Morgan fingerprint density at radius 3 is 2.80 bits per heavy atom. The first-order chi connectivity index (χ1) is 7.24. The van der Waals surface area contributed by atoms with Gasteiger partial charge in [0.25, 0.3) is 0 Å². The van der Waals surface area contributed by atoms with Crippen LogP contribution in [0.2, 0.25) is 0 Å². The number of aliphatic carboxylic acids is 1. The monoisotopic (exact) mass is 231 g/mol. The number of carboxylic acids is 1. The minimum Gasteiger partial charge on any atom is -0.480 e. The molecular formula is C11H21NO2S. The fourth-order valence-corrected chi connectivity index (χ4v) is 2.43. The van der Waals surface area contributed by atoms with Crippen molar-refractivity contribution in [2.75, 3.05) is 11.5 Å². The van der Waals surface area contributed by atoms with Gasteiger partial charge in [-0.2, -0.15) is 11.8 Å². The Labute approximate surface area is 96.0 Å². The molecule has 0 heterocycles. The van der Waals surface area contributed by atoms with Gasteiger partial charge < -0.3 is 10.4 Å². The van der Waals surface area contributed by atoms with Crippen molar-refractivity contribution in [2.24, 2.45) is 0 Å². The quantitative estimate of drug-likeness (QED) is 0.597. The van der Waals surface area contributed by atoms with Crippen LogP contribution >= 0.6 is 11.8 Å². The van der Waals surface area contributed by atoms with Crippen LogP contribution in [0.4, 0.5) is 0 Å². The zero-order chi connectivity index (χ0) is 11.1. The van der Waals surface area contributed by atoms with Crippen LogP contribution in [0.5, 0.6) is 0 Å². The third-order valence-corrected chi connectivity index (χ3v) is 3.64. The molecule has 0 aliphatic heterocycles. The second-order valence-corrected chi connectivity index (χ2v) is 5.26. The van der Waals surface area contributed by atoms with Gasteiger partial charge in [0.05, 0.1) is 0 Å². The van der Waals surface area contributed by atoms with E-state index in [4.69, 9.17) is 5.11 Å². The molecule has 3 nitrogen and oxygen atoms in total. The molecule has 88 valence electrons. The molecule has 1 aliphatic rings. The lowest BCUT2D eigenvalue weighted by molar-refractivity contribution is -0.138. The topological polar surface area (TPSA) is 49.3 Å². The lowest BCUT2D eigenvalue weighted by Gasteiger charge is -2.13. The van der Waals surface area contributed by atoms with Gasteiger partial charge in [0.15, 0.2) is 0 Å². The van der Waals surface area contributed by atoms with E-state index >= 15 is 0 Å². The van der Waals surface area contributed by atoms with E-state index in [1.807, 2.05) is 0 Å². The third kappa shape index (κ3) is 6.05. The Morgan fingerprint density at radius 1 is 1.53 bits per heavy atom. The molecule has 4 heteroatoms. The van der Waals surface area contributed by atoms with E-state index in [0.717, 1.165) is 18.6 Å². The van der Waals surface area contributed by atoms with Crippen LogP contribution in [0.3, 0.4) is 0 Å². The molecule has 0 aromatic carbocycles. The lowest BCUT2D eigenvalue weighted by atomic mass is 10.3. The highest BCUT2D eigenvalue weighted by molar-refractivity contribution is 7.99. The van der Waals surface area contributed by atoms with Gasteiger partial charge in [-0.15, -0.1) is 0 Å². The maximum Gasteiger partial charge on any atom is 0.321 e. The van der Waals surface area contributed by atoms with Crippen molar-refractivity contribution in [3.8, 4) is 0 Å². The predicted octanol–water partition coefficient (Wildman–Crippen LogP) is 2.11. The molecule has 1 aliphatic carbocycles. The van der Waals surface area contributed by atoms with Crippen molar-refractivity contribution in [1.82, 2.24) is 5.32 Å². The normalized spacial score (nSPS) is 17.7. The number of carbonyl (C=O) groups is 1. The van der Waals surface area contributed by atoms with Crippen LogP contribution < -0.4 is 5.32 Å². The zero-order valence-corrected chi connectivity index (χ0v) is 10.2. The molecule has 15 heavy (non-hydrogen) atoms. The molecule has 0 aromatic heterocycles. The summed E-state index contributed by atoms with van der Waals surface area (Å²) in [6.45, 7) is 2.18. The number of nitrogens with one attached hydrogen (secondary N) is 1. The third-order valence-electron chi connectivity index (χ3n) is 2.49. The highest BCUT2D eigenvalue weighted by Gasteiger charge is 2.27. The number of hydrogen-bond acceptors (Lipinski definition) is 3. The summed E-state index contributed by atoms with van der Waals surface area (Å²) in [5.41, 5.74) is 0. The van der Waals surface area contributed by atoms with Gasteiger partial charge in [-0.3, -0.25) is 4.79 Å². The van der Waals surface area contributed by atoms with Crippen molar-refractivity contribution >= 4 is 17.7 Å². The summed E-state index contributed by atoms with van der Waals surface area (Å²) in [4.78, 5) is 10.9. The molecule has 1 fully saturated rings. The fourth-order valence-electron chi connectivity index (χ4n) is 1.38. The summed E-state index contributed by atoms with van der Waals surface area (Å²) in [5, 5.41) is 12.1. The summed E-state index contributed by atoms with van der Waals surface area (Å²) in [7, 11) is 0. The number of rotatable bonds is 9. The standard InChI is InChI=1S/C11H21NO2S/c1-2-3-4-7-15-8-10(11(13)14)12-9-5-6-9/h9-10,12H,2-8H2,1H3,(H,13,14). The first-order valence-corrected chi connectivity index (χ1v) is 6.96. The van der Waals surface area contributed by atoms with Gasteiger partial charge in [-0.05, 0) is 25.0 Å². The Hall–Kier alpha value is -0.220. The van der Waals surface area contributed by atoms with Crippen molar-refractivity contribution in [3.05, 3.63) is 0 Å². The largest absolute Gasteiger partial charge is 0.480 e. The molecule has 0 amide bonds. The summed E-state index contributed by atoms with van der Waals surface area (Å²) < 4.78 is 0. The average molecular weight is 231 g/mol. The van der Waals surface area contributed by atoms with Crippen LogP contribution in [0.15, 0.2) is 0 Å². The second-order valence-electron chi connectivity index (χ2n) is 4.11. The van der Waals surface area contributed by atoms with Gasteiger partial charge in [0.1, 0.15) is 6.04 Å². The molecule has 0 radical (unpaired) electrons. The van der Waals surface area contributed by atoms with E-state index in [-0.39, 0.29) is 6.04 Å². The predicted molar refractivity (Wildman–Crippen MR) is 64.4 cm³/mol. The molecule has 0 bridgehead atoms. The highest BCUT2D eigenvalue weighted by Crippen LogP contribution is 2.20. The molecule has 1 unspecified atom stereocenters. The smallest absolute Gasteiger partial charge is 0.321 e. The van der Waals surface area contributed by atoms with Crippen molar-refractivity contribution in [3.63, 3.8) is 0 Å². The zero-order valence-electron chi connectivity index (χ0n) is 9.37. The van der Waals surface area contributed by atoms with E-state index in [2.05, 4.69) is 12.2 Å². The fraction of sp³-hybridized carbons (Fsp3) is 0.909. The molecule has 2 N–H and O–H groups in total. The van der Waals surface area contributed by atoms with E-state index in [1.54, 1.807) is 11.8 Å². The number of carboxylic acid groups (broad SMARTS) is 1. The van der Waals surface area contributed by atoms with Crippen LogP contribution in [-0.4, -0.2) is 34.7 Å². The molecule has 0 spiro atoms. The molecular weight excluding hydrogens is 210 g/mol. The summed E-state index contributed by atoms with van der Waals surface area (Å²) in [5.74, 6) is 1.09. The lowest BCUT2D eigenvalue weighted by Crippen LogP contribution is -2.40. The Bertz CT molecular complexity index is 195. The Kier molecular flexibility index (Phi) is 6.10. The van der Waals surface area contributed by atoms with E-state index in [9.17, 15) is 4.79 Å². The van der Waals surface area contributed by atoms with Gasteiger partial charge in [-0.25, -0.2) is 0 Å². The van der Waals surface area contributed by atoms with Gasteiger partial charge in [-0.1, -0.05) is 19.8 Å². The number of hydrogen-bond donors (Lipinski definition) is 2. The molecule has 1 atom stereocenters. The molecule has 0 saturated heterocycles. The SMILES string of the molecule is CCCCCSCC(NC1CC1)C(=O)O. The first-order valence-electron chi connectivity index (χ1n) is 5.80. The maximum absolute atomic E-state index is 10.9. The minimum absolute atomic E-state index is 0.343. The maximum atomic E-state index is 10.9. The van der Waals surface area contributed by atoms with Gasteiger partial charge in [0, 0.05) is 11.8 Å². The number of thioether (sulfide) groups is 1. The van der Waals surface area contributed by atoms with Crippen LogP contribution in [-0.2, 0) is 4.79 Å². The van der Waals surface area contributed by atoms with Gasteiger partial charge >= 0.3 is 5.97 Å². The van der Waals surface area contributed by atoms with Gasteiger partial charge in [0.2, 0.25) is 0 Å². The molecule has 1 rings (SSSR count). The Balaban J connectivity index is 2.05. The Morgan fingerprint density at radius 2 is 2.27 bits per heavy atom. The molecule has 0 aromatic rings. The molecule has 1 saturated carbocycles. The van der Waals surface area contributed by atoms with E-state index in [1.165, 1.54) is 19.3 Å².